The van der Waals surface area contributed by atoms with Crippen LogP contribution in [0.2, 0.25) is 0 Å². The van der Waals surface area contributed by atoms with Crippen LogP contribution in [-0.2, 0) is 27.5 Å². The number of nitrogens with one attached hydrogen (secondary N) is 2. The fourth-order valence-electron chi connectivity index (χ4n) is 4.90. The number of hydrogen-bond acceptors (Lipinski definition) is 8. The molecule has 12 heteroatoms. The summed E-state index contributed by atoms with van der Waals surface area (Å²) in [4.78, 5) is 44.2. The van der Waals surface area contributed by atoms with Crippen LogP contribution in [-0.4, -0.2) is 80.5 Å². The highest BCUT2D eigenvalue weighted by atomic mass is 16.5. The molecule has 2 aromatic heterocycles. The van der Waals surface area contributed by atoms with E-state index in [0.29, 0.717) is 24.5 Å². The second-order valence-corrected chi connectivity index (χ2v) is 9.45. The molecule has 1 saturated heterocycles. The van der Waals surface area contributed by atoms with Crippen molar-refractivity contribution >= 4 is 17.7 Å². The van der Waals surface area contributed by atoms with Crippen molar-refractivity contribution in [2.24, 2.45) is 0 Å². The number of carbonyl (C=O) groups is 3. The Hall–Kier alpha value is -3.54. The van der Waals surface area contributed by atoms with E-state index in [1.165, 1.54) is 6.20 Å². The molecule has 1 aliphatic carbocycles. The van der Waals surface area contributed by atoms with E-state index in [1.807, 2.05) is 0 Å². The van der Waals surface area contributed by atoms with E-state index in [4.69, 9.17) is 9.47 Å². The van der Waals surface area contributed by atoms with E-state index in [1.54, 1.807) is 27.9 Å². The summed E-state index contributed by atoms with van der Waals surface area (Å²) < 4.78 is 13.5. The zero-order valence-corrected chi connectivity index (χ0v) is 20.1. The molecule has 0 spiro atoms. The molecule has 0 aromatic carbocycles. The first-order valence-corrected chi connectivity index (χ1v) is 12.5. The number of nitrogens with zero attached hydrogens (tertiary/aromatic N) is 5. The van der Waals surface area contributed by atoms with E-state index in [2.05, 4.69) is 25.9 Å². The Balaban J connectivity index is 1.26. The molecule has 36 heavy (non-hydrogen) atoms. The first-order chi connectivity index (χ1) is 17.5. The summed E-state index contributed by atoms with van der Waals surface area (Å²) in [5, 5.41) is 14.2. The minimum Gasteiger partial charge on any atom is -0.489 e. The Kier molecular flexibility index (Phi) is 7.40. The molecular formula is C24H31N7O5. The predicted molar refractivity (Wildman–Crippen MR) is 126 cm³/mol. The standard InChI is InChI=1S/C24H31N7O5/c32-21(26-16-4-1-2-5-16)7-8-22(33)30-13-18-20(14-30)36-15-17-12-31(29-28-17)10-11-35-19-6-3-9-25-23(19)24(34)27-18/h3,6,9,12,16,18,20H,1-2,4-5,7-8,10-11,13-15H2,(H,26,32)(H,27,34)/t18-,20-/m0/s1. The number of fused-ring (bicyclic) bond motifs is 4. The highest BCUT2D eigenvalue weighted by Crippen LogP contribution is 2.21. The zero-order chi connectivity index (χ0) is 24.9. The van der Waals surface area contributed by atoms with Crippen molar-refractivity contribution in [1.29, 1.82) is 0 Å². The third kappa shape index (κ3) is 5.81. The first kappa shape index (κ1) is 24.2. The molecule has 12 nitrogen and oxygen atoms in total. The van der Waals surface area contributed by atoms with Crippen molar-refractivity contribution in [2.75, 3.05) is 19.7 Å². The molecule has 2 fully saturated rings. The average Bonchev–Trinajstić information content (AvgIpc) is 3.63. The van der Waals surface area contributed by atoms with Crippen LogP contribution in [0.15, 0.2) is 24.5 Å². The molecule has 2 atom stereocenters. The fraction of sp³-hybridized carbons (Fsp3) is 0.583. The number of amides is 3. The molecule has 0 radical (unpaired) electrons. The van der Waals surface area contributed by atoms with Gasteiger partial charge in [-0.05, 0) is 25.0 Å². The van der Waals surface area contributed by atoms with Gasteiger partial charge in [-0.25, -0.2) is 9.67 Å². The summed E-state index contributed by atoms with van der Waals surface area (Å²) >= 11 is 0. The molecule has 192 valence electrons. The molecule has 3 aliphatic rings. The molecule has 0 unspecified atom stereocenters. The van der Waals surface area contributed by atoms with Crippen LogP contribution in [0.25, 0.3) is 0 Å². The monoisotopic (exact) mass is 497 g/mol. The van der Waals surface area contributed by atoms with Crippen molar-refractivity contribution in [1.82, 2.24) is 35.5 Å². The van der Waals surface area contributed by atoms with Crippen LogP contribution < -0.4 is 15.4 Å². The quantitative estimate of drug-likeness (QED) is 0.620. The average molecular weight is 498 g/mol. The van der Waals surface area contributed by atoms with E-state index in [0.717, 1.165) is 25.7 Å². The first-order valence-electron chi connectivity index (χ1n) is 12.5. The molecule has 2 N–H and O–H groups in total. The van der Waals surface area contributed by atoms with Gasteiger partial charge < -0.3 is 25.0 Å². The van der Waals surface area contributed by atoms with Gasteiger partial charge in [0.05, 0.1) is 31.5 Å². The van der Waals surface area contributed by atoms with E-state index in [9.17, 15) is 14.4 Å². The van der Waals surface area contributed by atoms with Crippen molar-refractivity contribution < 1.29 is 23.9 Å². The molecular weight excluding hydrogens is 466 g/mol. The number of likely N-dealkylation sites (tertiary alicyclic amines) is 1. The summed E-state index contributed by atoms with van der Waals surface area (Å²) in [6.07, 6.45) is 7.39. The number of rotatable bonds is 4. The number of aromatic nitrogens is 4. The topological polar surface area (TPSA) is 141 Å². The number of ether oxygens (including phenoxy) is 2. The third-order valence-corrected chi connectivity index (χ3v) is 6.82. The normalized spacial score (nSPS) is 22.7. The zero-order valence-electron chi connectivity index (χ0n) is 20.1. The second kappa shape index (κ2) is 11.0. The Bertz CT molecular complexity index is 1100. The van der Waals surface area contributed by atoms with Gasteiger partial charge in [0.1, 0.15) is 12.3 Å². The molecule has 2 aliphatic heterocycles. The van der Waals surface area contributed by atoms with Crippen molar-refractivity contribution in [3.05, 3.63) is 35.9 Å². The van der Waals surface area contributed by atoms with Gasteiger partial charge in [-0.3, -0.25) is 14.4 Å². The summed E-state index contributed by atoms with van der Waals surface area (Å²) in [7, 11) is 0. The van der Waals surface area contributed by atoms with Crippen LogP contribution in [0.4, 0.5) is 0 Å². The van der Waals surface area contributed by atoms with Gasteiger partial charge in [0.2, 0.25) is 11.8 Å². The summed E-state index contributed by atoms with van der Waals surface area (Å²) in [5.41, 5.74) is 0.813. The molecule has 2 aromatic rings. The van der Waals surface area contributed by atoms with Gasteiger partial charge in [0.15, 0.2) is 11.4 Å². The van der Waals surface area contributed by atoms with Gasteiger partial charge in [-0.2, -0.15) is 0 Å². The van der Waals surface area contributed by atoms with Crippen molar-refractivity contribution in [2.45, 2.75) is 69.9 Å². The number of hydrogen-bond donors (Lipinski definition) is 2. The minimum atomic E-state index is -0.457. The third-order valence-electron chi connectivity index (χ3n) is 6.82. The molecule has 5 rings (SSSR count). The van der Waals surface area contributed by atoms with Crippen LogP contribution in [0.5, 0.6) is 5.75 Å². The molecule has 4 heterocycles. The van der Waals surface area contributed by atoms with Crippen LogP contribution in [0.1, 0.15) is 54.7 Å². The van der Waals surface area contributed by atoms with E-state index in [-0.39, 0.29) is 56.2 Å². The van der Waals surface area contributed by atoms with E-state index < -0.39 is 18.1 Å². The van der Waals surface area contributed by atoms with Crippen molar-refractivity contribution in [3.8, 4) is 5.75 Å². The van der Waals surface area contributed by atoms with Crippen LogP contribution in [0.3, 0.4) is 0 Å². The number of carbonyl (C=O) groups excluding carboxylic acids is 3. The predicted octanol–water partition coefficient (Wildman–Crippen LogP) is 0.431. The van der Waals surface area contributed by atoms with Gasteiger partial charge >= 0.3 is 0 Å². The molecule has 3 amide bonds. The Morgan fingerprint density at radius 3 is 2.92 bits per heavy atom. The maximum atomic E-state index is 13.1. The lowest BCUT2D eigenvalue weighted by molar-refractivity contribution is -0.133. The highest BCUT2D eigenvalue weighted by molar-refractivity contribution is 5.95. The van der Waals surface area contributed by atoms with Gasteiger partial charge in [0.25, 0.3) is 5.91 Å². The molecule has 1 saturated carbocycles. The smallest absolute Gasteiger partial charge is 0.274 e. The summed E-state index contributed by atoms with van der Waals surface area (Å²) in [6.45, 7) is 1.51. The fourth-order valence-corrected chi connectivity index (χ4v) is 4.90. The van der Waals surface area contributed by atoms with Crippen molar-refractivity contribution in [3.63, 3.8) is 0 Å². The SMILES string of the molecule is O=C(CCC(=O)N1C[C@@H]2NC(=O)c3ncccc3OCCn3cc(nn3)CO[C@H]2C1)NC1CCCC1. The van der Waals surface area contributed by atoms with E-state index >= 15 is 0 Å². The van der Waals surface area contributed by atoms with Crippen LogP contribution >= 0.6 is 0 Å². The summed E-state index contributed by atoms with van der Waals surface area (Å²) in [6, 6.07) is 3.16. The second-order valence-electron chi connectivity index (χ2n) is 9.45. The van der Waals surface area contributed by atoms with Gasteiger partial charge in [-0.15, -0.1) is 5.10 Å². The Morgan fingerprint density at radius 1 is 1.19 bits per heavy atom. The van der Waals surface area contributed by atoms with Gasteiger partial charge in [0, 0.05) is 38.2 Å². The lowest BCUT2D eigenvalue weighted by Gasteiger charge is -2.20. The molecule has 2 bridgehead atoms. The maximum Gasteiger partial charge on any atom is 0.274 e. The summed E-state index contributed by atoms with van der Waals surface area (Å²) in [5.74, 6) is -0.275. The Morgan fingerprint density at radius 2 is 2.06 bits per heavy atom. The highest BCUT2D eigenvalue weighted by Gasteiger charge is 2.38. The minimum absolute atomic E-state index is 0.0941. The number of pyridine rings is 1. The maximum absolute atomic E-state index is 13.1. The van der Waals surface area contributed by atoms with Crippen LogP contribution in [0, 0.1) is 0 Å². The lowest BCUT2D eigenvalue weighted by Crippen LogP contribution is -2.44. The lowest BCUT2D eigenvalue weighted by atomic mass is 10.2. The van der Waals surface area contributed by atoms with Gasteiger partial charge in [-0.1, -0.05) is 18.1 Å². The largest absolute Gasteiger partial charge is 0.489 e. The Labute approximate surface area is 208 Å².